The zero-order valence-corrected chi connectivity index (χ0v) is 8.99. The largest absolute Gasteiger partial charge is 0.355 e. The van der Waals surface area contributed by atoms with Crippen LogP contribution in [0.1, 0.15) is 31.4 Å². The van der Waals surface area contributed by atoms with E-state index in [9.17, 15) is 4.79 Å². The lowest BCUT2D eigenvalue weighted by Gasteiger charge is -2.10. The number of aromatic amines is 1. The molecule has 0 bridgehead atoms. The Kier molecular flexibility index (Phi) is 4.83. The summed E-state index contributed by atoms with van der Waals surface area (Å²) in [7, 11) is 0. The second-order valence-electron chi connectivity index (χ2n) is 3.60. The molecule has 5 nitrogen and oxygen atoms in total. The number of aromatic nitrogens is 2. The van der Waals surface area contributed by atoms with Gasteiger partial charge in [-0.15, -0.1) is 0 Å². The number of carbonyl (C=O) groups excluding carboxylic acids is 1. The molecule has 4 N–H and O–H groups in total. The normalized spacial score (nSPS) is 12.4. The first-order chi connectivity index (χ1) is 7.24. The van der Waals surface area contributed by atoms with Gasteiger partial charge in [-0.3, -0.25) is 4.79 Å². The van der Waals surface area contributed by atoms with Gasteiger partial charge in [-0.2, -0.15) is 0 Å². The van der Waals surface area contributed by atoms with Crippen molar-refractivity contribution < 1.29 is 4.79 Å². The number of carbonyl (C=O) groups is 1. The number of hydrogen-bond acceptors (Lipinski definition) is 3. The molecule has 84 valence electrons. The number of nitrogens with one attached hydrogen (secondary N) is 2. The van der Waals surface area contributed by atoms with Crippen molar-refractivity contribution in [3.05, 3.63) is 18.2 Å². The number of hydrogen-bond donors (Lipinski definition) is 3. The summed E-state index contributed by atoms with van der Waals surface area (Å²) in [6.07, 6.45) is 4.66. The Bertz CT molecular complexity index is 284. The molecule has 1 aromatic heterocycles. The van der Waals surface area contributed by atoms with Crippen molar-refractivity contribution >= 4 is 5.91 Å². The van der Waals surface area contributed by atoms with Gasteiger partial charge in [-0.25, -0.2) is 4.98 Å². The molecule has 5 heteroatoms. The Morgan fingerprint density at radius 3 is 3.13 bits per heavy atom. The van der Waals surface area contributed by atoms with Crippen molar-refractivity contribution in [1.82, 2.24) is 15.3 Å². The molecular weight excluding hydrogens is 192 g/mol. The zero-order valence-electron chi connectivity index (χ0n) is 8.99. The summed E-state index contributed by atoms with van der Waals surface area (Å²) in [5.74, 6) is 0.321. The first-order valence-corrected chi connectivity index (χ1v) is 5.19. The maximum absolute atomic E-state index is 11.3. The number of H-pyrrole nitrogens is 1. The smallest absolute Gasteiger partial charge is 0.220 e. The molecule has 0 aromatic carbocycles. The van der Waals surface area contributed by atoms with Gasteiger partial charge in [0.15, 0.2) is 0 Å². The lowest BCUT2D eigenvalue weighted by Crippen LogP contribution is -2.27. The molecule has 1 unspecified atom stereocenters. The number of amides is 1. The molecule has 0 saturated carbocycles. The van der Waals surface area contributed by atoms with Crippen molar-refractivity contribution in [2.24, 2.45) is 5.73 Å². The van der Waals surface area contributed by atoms with E-state index in [4.69, 9.17) is 5.73 Å². The molecule has 0 saturated heterocycles. The summed E-state index contributed by atoms with van der Waals surface area (Å²) >= 11 is 0. The maximum atomic E-state index is 11.3. The molecule has 0 radical (unpaired) electrons. The van der Waals surface area contributed by atoms with Crippen molar-refractivity contribution in [3.8, 4) is 0 Å². The fourth-order valence-corrected chi connectivity index (χ4v) is 1.26. The minimum absolute atomic E-state index is 0.0619. The minimum atomic E-state index is 0.0619. The standard InChI is InChI=1S/C10H18N4O/c1-8(9-6-12-7-14-9)5-13-10(15)3-2-4-11/h6-8H,2-5,11H2,1H3,(H,12,14)(H,13,15). The second kappa shape index (κ2) is 6.19. The van der Waals surface area contributed by atoms with Crippen LogP contribution in [0.4, 0.5) is 0 Å². The Hall–Kier alpha value is -1.36. The van der Waals surface area contributed by atoms with Crippen LogP contribution < -0.4 is 11.1 Å². The molecular formula is C10H18N4O. The number of nitrogens with two attached hydrogens (primary N) is 1. The van der Waals surface area contributed by atoms with Crippen LogP contribution in [-0.4, -0.2) is 29.0 Å². The monoisotopic (exact) mass is 210 g/mol. The van der Waals surface area contributed by atoms with Gasteiger partial charge in [0.2, 0.25) is 5.91 Å². The Morgan fingerprint density at radius 1 is 1.73 bits per heavy atom. The molecule has 0 aliphatic rings. The van der Waals surface area contributed by atoms with E-state index in [0.29, 0.717) is 19.5 Å². The van der Waals surface area contributed by atoms with Gasteiger partial charge in [0.25, 0.3) is 0 Å². The molecule has 0 spiro atoms. The van der Waals surface area contributed by atoms with E-state index in [1.165, 1.54) is 0 Å². The third-order valence-electron chi connectivity index (χ3n) is 2.26. The van der Waals surface area contributed by atoms with Crippen molar-refractivity contribution in [3.63, 3.8) is 0 Å². The summed E-state index contributed by atoms with van der Waals surface area (Å²) in [5.41, 5.74) is 6.35. The fourth-order valence-electron chi connectivity index (χ4n) is 1.26. The minimum Gasteiger partial charge on any atom is -0.355 e. The van der Waals surface area contributed by atoms with E-state index in [0.717, 1.165) is 12.1 Å². The average molecular weight is 210 g/mol. The van der Waals surface area contributed by atoms with E-state index in [1.807, 2.05) is 6.92 Å². The molecule has 0 aliphatic carbocycles. The van der Waals surface area contributed by atoms with Crippen LogP contribution in [0.15, 0.2) is 12.5 Å². The van der Waals surface area contributed by atoms with Gasteiger partial charge in [-0.05, 0) is 13.0 Å². The predicted octanol–water partition coefficient (Wildman–Crippen LogP) is 0.368. The molecule has 0 aliphatic heterocycles. The Balaban J connectivity index is 2.22. The van der Waals surface area contributed by atoms with Crippen LogP contribution >= 0.6 is 0 Å². The van der Waals surface area contributed by atoms with Crippen LogP contribution in [-0.2, 0) is 4.79 Å². The fraction of sp³-hybridized carbons (Fsp3) is 0.600. The maximum Gasteiger partial charge on any atom is 0.220 e. The quantitative estimate of drug-likeness (QED) is 0.634. The summed E-state index contributed by atoms with van der Waals surface area (Å²) in [6, 6.07) is 0. The molecule has 1 rings (SSSR count). The third-order valence-corrected chi connectivity index (χ3v) is 2.26. The number of nitrogens with zero attached hydrogens (tertiary/aromatic N) is 1. The first-order valence-electron chi connectivity index (χ1n) is 5.19. The Labute approximate surface area is 89.5 Å². The van der Waals surface area contributed by atoms with Gasteiger partial charge >= 0.3 is 0 Å². The van der Waals surface area contributed by atoms with E-state index in [1.54, 1.807) is 12.5 Å². The summed E-state index contributed by atoms with van der Waals surface area (Å²) < 4.78 is 0. The highest BCUT2D eigenvalue weighted by Crippen LogP contribution is 2.09. The summed E-state index contributed by atoms with van der Waals surface area (Å²) in [6.45, 7) is 3.23. The molecule has 15 heavy (non-hydrogen) atoms. The lowest BCUT2D eigenvalue weighted by atomic mass is 10.1. The zero-order chi connectivity index (χ0) is 11.1. The second-order valence-corrected chi connectivity index (χ2v) is 3.60. The van der Waals surface area contributed by atoms with Crippen LogP contribution in [0.25, 0.3) is 0 Å². The van der Waals surface area contributed by atoms with Crippen LogP contribution in [0.5, 0.6) is 0 Å². The SMILES string of the molecule is CC(CNC(=O)CCCN)c1cnc[nH]1. The first kappa shape index (κ1) is 11.7. The van der Waals surface area contributed by atoms with E-state index in [-0.39, 0.29) is 11.8 Å². The Morgan fingerprint density at radius 2 is 2.53 bits per heavy atom. The van der Waals surface area contributed by atoms with Crippen molar-refractivity contribution in [1.29, 1.82) is 0 Å². The highest BCUT2D eigenvalue weighted by molar-refractivity contribution is 5.75. The molecule has 1 heterocycles. The number of rotatable bonds is 6. The molecule has 1 aromatic rings. The molecule has 1 amide bonds. The van der Waals surface area contributed by atoms with E-state index >= 15 is 0 Å². The van der Waals surface area contributed by atoms with E-state index < -0.39 is 0 Å². The topological polar surface area (TPSA) is 83.8 Å². The van der Waals surface area contributed by atoms with Crippen molar-refractivity contribution in [2.45, 2.75) is 25.7 Å². The molecule has 0 fully saturated rings. The highest BCUT2D eigenvalue weighted by atomic mass is 16.1. The van der Waals surface area contributed by atoms with Crippen LogP contribution in [0.2, 0.25) is 0 Å². The average Bonchev–Trinajstić information content (AvgIpc) is 2.76. The third kappa shape index (κ3) is 4.12. The lowest BCUT2D eigenvalue weighted by molar-refractivity contribution is -0.121. The number of imidazole rings is 1. The highest BCUT2D eigenvalue weighted by Gasteiger charge is 2.08. The predicted molar refractivity (Wildman–Crippen MR) is 58.3 cm³/mol. The van der Waals surface area contributed by atoms with Crippen LogP contribution in [0, 0.1) is 0 Å². The van der Waals surface area contributed by atoms with Gasteiger partial charge in [-0.1, -0.05) is 6.92 Å². The van der Waals surface area contributed by atoms with E-state index in [2.05, 4.69) is 15.3 Å². The summed E-state index contributed by atoms with van der Waals surface area (Å²) in [5, 5.41) is 2.86. The van der Waals surface area contributed by atoms with Gasteiger partial charge in [0.05, 0.1) is 6.33 Å². The van der Waals surface area contributed by atoms with Gasteiger partial charge in [0.1, 0.15) is 0 Å². The summed E-state index contributed by atoms with van der Waals surface area (Å²) in [4.78, 5) is 18.2. The van der Waals surface area contributed by atoms with Gasteiger partial charge < -0.3 is 16.0 Å². The molecule has 1 atom stereocenters. The van der Waals surface area contributed by atoms with Crippen molar-refractivity contribution in [2.75, 3.05) is 13.1 Å². The van der Waals surface area contributed by atoms with Crippen LogP contribution in [0.3, 0.4) is 0 Å². The van der Waals surface area contributed by atoms with Gasteiger partial charge in [0, 0.05) is 30.8 Å².